The van der Waals surface area contributed by atoms with Crippen LogP contribution in [0.25, 0.3) is 0 Å². The van der Waals surface area contributed by atoms with Crippen LogP contribution in [0.4, 0.5) is 5.69 Å². The topological polar surface area (TPSA) is 86.7 Å². The van der Waals surface area contributed by atoms with E-state index in [0.717, 1.165) is 12.8 Å². The largest absolute Gasteiger partial charge is 0.506 e. The molecule has 6 nitrogen and oxygen atoms in total. The first-order valence-electron chi connectivity index (χ1n) is 7.88. The van der Waals surface area contributed by atoms with Gasteiger partial charge in [0.25, 0.3) is 5.91 Å². The van der Waals surface area contributed by atoms with Gasteiger partial charge in [-0.3, -0.25) is 4.79 Å². The summed E-state index contributed by atoms with van der Waals surface area (Å²) in [4.78, 5) is 12.4. The SMILES string of the molecule is O=C(Nc1cc(S(=O)(=O)N2CCCC2)ccc1O)c1ccc(Cl)cc1Cl. The number of sulfonamides is 1. The lowest BCUT2D eigenvalue weighted by Crippen LogP contribution is -2.28. The van der Waals surface area contributed by atoms with Crippen molar-refractivity contribution in [1.82, 2.24) is 4.31 Å². The zero-order chi connectivity index (χ0) is 18.9. The minimum atomic E-state index is -3.66. The second-order valence-electron chi connectivity index (χ2n) is 5.87. The molecule has 2 aromatic carbocycles. The summed E-state index contributed by atoms with van der Waals surface area (Å²) in [7, 11) is -3.66. The first-order valence-corrected chi connectivity index (χ1v) is 10.1. The highest BCUT2D eigenvalue weighted by Crippen LogP contribution is 2.30. The number of aromatic hydroxyl groups is 1. The second kappa shape index (κ2) is 7.44. The van der Waals surface area contributed by atoms with Crippen LogP contribution in [0, 0.1) is 0 Å². The van der Waals surface area contributed by atoms with Gasteiger partial charge in [0.15, 0.2) is 0 Å². The maximum Gasteiger partial charge on any atom is 0.257 e. The molecule has 1 fully saturated rings. The highest BCUT2D eigenvalue weighted by atomic mass is 35.5. The summed E-state index contributed by atoms with van der Waals surface area (Å²) < 4.78 is 26.7. The number of phenols is 1. The lowest BCUT2D eigenvalue weighted by Gasteiger charge is -2.17. The first kappa shape index (κ1) is 19.0. The van der Waals surface area contributed by atoms with E-state index in [1.807, 2.05) is 0 Å². The fraction of sp³-hybridized carbons (Fsp3) is 0.235. The molecule has 0 spiro atoms. The molecular formula is C17H16Cl2N2O4S. The average molecular weight is 415 g/mol. The summed E-state index contributed by atoms with van der Waals surface area (Å²) in [6.07, 6.45) is 1.63. The molecule has 0 radical (unpaired) electrons. The molecule has 138 valence electrons. The summed E-state index contributed by atoms with van der Waals surface area (Å²) in [5.41, 5.74) is 0.143. The van der Waals surface area contributed by atoms with Gasteiger partial charge < -0.3 is 10.4 Å². The van der Waals surface area contributed by atoms with E-state index >= 15 is 0 Å². The van der Waals surface area contributed by atoms with Gasteiger partial charge in [0.1, 0.15) is 5.75 Å². The zero-order valence-electron chi connectivity index (χ0n) is 13.6. The normalized spacial score (nSPS) is 15.2. The molecule has 0 aromatic heterocycles. The van der Waals surface area contributed by atoms with Gasteiger partial charge in [-0.2, -0.15) is 4.31 Å². The third-order valence-electron chi connectivity index (χ3n) is 4.09. The number of hydrogen-bond donors (Lipinski definition) is 2. The van der Waals surface area contributed by atoms with Crippen molar-refractivity contribution in [2.75, 3.05) is 18.4 Å². The van der Waals surface area contributed by atoms with Crippen molar-refractivity contribution in [3.63, 3.8) is 0 Å². The van der Waals surface area contributed by atoms with Crippen LogP contribution in [-0.4, -0.2) is 36.8 Å². The molecular weight excluding hydrogens is 399 g/mol. The summed E-state index contributed by atoms with van der Waals surface area (Å²) in [5.74, 6) is -0.832. The minimum Gasteiger partial charge on any atom is -0.506 e. The molecule has 3 rings (SSSR count). The number of halogens is 2. The number of phenolic OH excluding ortho intramolecular Hbond substituents is 1. The van der Waals surface area contributed by atoms with Crippen LogP contribution in [-0.2, 0) is 10.0 Å². The molecule has 1 aliphatic heterocycles. The molecule has 1 heterocycles. The maximum absolute atomic E-state index is 12.6. The lowest BCUT2D eigenvalue weighted by atomic mass is 10.2. The molecule has 1 aliphatic rings. The highest BCUT2D eigenvalue weighted by Gasteiger charge is 2.28. The van der Waals surface area contributed by atoms with Crippen LogP contribution in [0.3, 0.4) is 0 Å². The molecule has 2 aromatic rings. The number of benzene rings is 2. The average Bonchev–Trinajstić information content (AvgIpc) is 3.12. The molecule has 26 heavy (non-hydrogen) atoms. The monoisotopic (exact) mass is 414 g/mol. The Bertz CT molecular complexity index is 957. The van der Waals surface area contributed by atoms with Crippen molar-refractivity contribution >= 4 is 44.8 Å². The van der Waals surface area contributed by atoms with Crippen LogP contribution in [0.15, 0.2) is 41.3 Å². The predicted molar refractivity (Wildman–Crippen MR) is 101 cm³/mol. The minimum absolute atomic E-state index is 0.00898. The summed E-state index contributed by atoms with van der Waals surface area (Å²) in [6, 6.07) is 8.17. The Labute approximate surface area is 161 Å². The van der Waals surface area contributed by atoms with Crippen molar-refractivity contribution in [2.24, 2.45) is 0 Å². The van der Waals surface area contributed by atoms with Gasteiger partial charge in [-0.1, -0.05) is 23.2 Å². The van der Waals surface area contributed by atoms with E-state index in [9.17, 15) is 18.3 Å². The number of amides is 1. The van der Waals surface area contributed by atoms with E-state index < -0.39 is 15.9 Å². The summed E-state index contributed by atoms with van der Waals surface area (Å²) in [6.45, 7) is 0.927. The number of rotatable bonds is 4. The third kappa shape index (κ3) is 3.81. The van der Waals surface area contributed by atoms with Crippen LogP contribution in [0.2, 0.25) is 10.0 Å². The van der Waals surface area contributed by atoms with E-state index in [2.05, 4.69) is 5.32 Å². The van der Waals surface area contributed by atoms with E-state index in [0.29, 0.717) is 18.1 Å². The van der Waals surface area contributed by atoms with E-state index in [1.54, 1.807) is 0 Å². The van der Waals surface area contributed by atoms with Crippen LogP contribution < -0.4 is 5.32 Å². The molecule has 1 saturated heterocycles. The summed E-state index contributed by atoms with van der Waals surface area (Å²) in [5, 5.41) is 13.0. The van der Waals surface area contributed by atoms with E-state index in [4.69, 9.17) is 23.2 Å². The lowest BCUT2D eigenvalue weighted by molar-refractivity contribution is 0.102. The molecule has 0 atom stereocenters. The molecule has 0 saturated carbocycles. The van der Waals surface area contributed by atoms with Crippen molar-refractivity contribution in [3.05, 3.63) is 52.0 Å². The number of hydrogen-bond acceptors (Lipinski definition) is 4. The van der Waals surface area contributed by atoms with Gasteiger partial charge in [-0.15, -0.1) is 0 Å². The molecule has 0 aliphatic carbocycles. The van der Waals surface area contributed by atoms with Crippen molar-refractivity contribution in [2.45, 2.75) is 17.7 Å². The van der Waals surface area contributed by atoms with Crippen LogP contribution >= 0.6 is 23.2 Å². The van der Waals surface area contributed by atoms with Gasteiger partial charge in [-0.05, 0) is 49.2 Å². The van der Waals surface area contributed by atoms with Crippen molar-refractivity contribution in [3.8, 4) is 5.75 Å². The zero-order valence-corrected chi connectivity index (χ0v) is 15.9. The van der Waals surface area contributed by atoms with Crippen LogP contribution in [0.1, 0.15) is 23.2 Å². The fourth-order valence-electron chi connectivity index (χ4n) is 2.72. The number of carbonyl (C=O) groups is 1. The third-order valence-corrected chi connectivity index (χ3v) is 6.54. The molecule has 0 unspecified atom stereocenters. The Kier molecular flexibility index (Phi) is 5.43. The number of nitrogens with zero attached hydrogens (tertiary/aromatic N) is 1. The molecule has 1 amide bonds. The van der Waals surface area contributed by atoms with Gasteiger partial charge in [0.2, 0.25) is 10.0 Å². The highest BCUT2D eigenvalue weighted by molar-refractivity contribution is 7.89. The maximum atomic E-state index is 12.6. The van der Waals surface area contributed by atoms with E-state index in [1.165, 1.54) is 40.7 Å². The Morgan fingerprint density at radius 3 is 2.42 bits per heavy atom. The van der Waals surface area contributed by atoms with Gasteiger partial charge in [-0.25, -0.2) is 8.42 Å². The number of carbonyl (C=O) groups excluding carboxylic acids is 1. The smallest absolute Gasteiger partial charge is 0.257 e. The van der Waals surface area contributed by atoms with Gasteiger partial charge in [0.05, 0.1) is 21.2 Å². The van der Waals surface area contributed by atoms with Crippen molar-refractivity contribution < 1.29 is 18.3 Å². The summed E-state index contributed by atoms with van der Waals surface area (Å²) >= 11 is 11.8. The quantitative estimate of drug-likeness (QED) is 0.745. The predicted octanol–water partition coefficient (Wildman–Crippen LogP) is 3.74. The Morgan fingerprint density at radius 2 is 1.77 bits per heavy atom. The van der Waals surface area contributed by atoms with Crippen molar-refractivity contribution in [1.29, 1.82) is 0 Å². The Hall–Kier alpha value is -1.80. The number of nitrogens with one attached hydrogen (secondary N) is 1. The van der Waals surface area contributed by atoms with Crippen LogP contribution in [0.5, 0.6) is 5.75 Å². The molecule has 0 bridgehead atoms. The Morgan fingerprint density at radius 1 is 1.08 bits per heavy atom. The van der Waals surface area contributed by atoms with Gasteiger partial charge in [0, 0.05) is 18.1 Å². The first-order chi connectivity index (χ1) is 12.3. The number of anilines is 1. The van der Waals surface area contributed by atoms with E-state index in [-0.39, 0.29) is 26.9 Å². The standard InChI is InChI=1S/C17H16Cl2N2O4S/c18-11-3-5-13(14(19)9-11)17(23)20-15-10-12(4-6-16(15)22)26(24,25)21-7-1-2-8-21/h3-6,9-10,22H,1-2,7-8H2,(H,20,23). The van der Waals surface area contributed by atoms with Gasteiger partial charge >= 0.3 is 0 Å². The molecule has 9 heteroatoms. The Balaban J connectivity index is 1.89. The second-order valence-corrected chi connectivity index (χ2v) is 8.65. The fourth-order valence-corrected chi connectivity index (χ4v) is 4.75. The molecule has 2 N–H and O–H groups in total.